The van der Waals surface area contributed by atoms with Crippen LogP contribution in [-0.4, -0.2) is 41.8 Å². The summed E-state index contributed by atoms with van der Waals surface area (Å²) >= 11 is 0. The van der Waals surface area contributed by atoms with Crippen molar-refractivity contribution in [1.29, 1.82) is 0 Å². The molecule has 0 aromatic heterocycles. The molecule has 8 heteroatoms. The first-order valence-corrected chi connectivity index (χ1v) is 14.2. The maximum absolute atomic E-state index is 13.3. The molecule has 4 aliphatic carbocycles. The van der Waals surface area contributed by atoms with E-state index in [0.29, 0.717) is 35.3 Å². The lowest BCUT2D eigenvalue weighted by atomic mass is 9.53. The van der Waals surface area contributed by atoms with E-state index >= 15 is 0 Å². The van der Waals surface area contributed by atoms with E-state index in [1.165, 1.54) is 43.4 Å². The highest BCUT2D eigenvalue weighted by molar-refractivity contribution is 6.28. The number of amides is 4. The fourth-order valence-corrected chi connectivity index (χ4v) is 8.50. The summed E-state index contributed by atoms with van der Waals surface area (Å²) in [5, 5.41) is 10.8. The zero-order valence-corrected chi connectivity index (χ0v) is 21.6. The molecule has 3 N–H and O–H groups in total. The van der Waals surface area contributed by atoms with Gasteiger partial charge in [0.25, 0.3) is 5.91 Å². The predicted molar refractivity (Wildman–Crippen MR) is 144 cm³/mol. The highest BCUT2D eigenvalue weighted by Crippen LogP contribution is 2.55. The molecular formula is C30H34N4O4. The third-order valence-corrected chi connectivity index (χ3v) is 9.64. The first kappa shape index (κ1) is 23.8. The van der Waals surface area contributed by atoms with Crippen molar-refractivity contribution in [3.05, 3.63) is 35.9 Å². The van der Waals surface area contributed by atoms with Gasteiger partial charge in [-0.2, -0.15) is 0 Å². The smallest absolute Gasteiger partial charge is 0.259 e. The monoisotopic (exact) mass is 514 g/mol. The van der Waals surface area contributed by atoms with Gasteiger partial charge in [-0.1, -0.05) is 12.1 Å². The van der Waals surface area contributed by atoms with E-state index < -0.39 is 11.9 Å². The lowest BCUT2D eigenvalue weighted by Gasteiger charge is -2.57. The van der Waals surface area contributed by atoms with Gasteiger partial charge in [0.05, 0.1) is 5.69 Å². The van der Waals surface area contributed by atoms with Crippen molar-refractivity contribution in [2.75, 3.05) is 16.8 Å². The average Bonchev–Trinajstić information content (AvgIpc) is 3.15. The minimum atomic E-state index is -0.724. The summed E-state index contributed by atoms with van der Waals surface area (Å²) in [5.74, 6) is 1.65. The van der Waals surface area contributed by atoms with Crippen LogP contribution in [0, 0.1) is 17.8 Å². The van der Waals surface area contributed by atoms with E-state index in [-0.39, 0.29) is 24.1 Å². The van der Waals surface area contributed by atoms with Crippen LogP contribution in [0.4, 0.5) is 11.4 Å². The van der Waals surface area contributed by atoms with E-state index in [4.69, 9.17) is 0 Å². The Balaban J connectivity index is 1.02. The minimum Gasteiger partial charge on any atom is -0.326 e. The topological polar surface area (TPSA) is 108 Å². The highest BCUT2D eigenvalue weighted by Gasteiger charge is 2.50. The van der Waals surface area contributed by atoms with Crippen molar-refractivity contribution in [2.45, 2.75) is 75.8 Å². The van der Waals surface area contributed by atoms with Gasteiger partial charge < -0.3 is 10.6 Å². The van der Waals surface area contributed by atoms with Crippen LogP contribution < -0.4 is 20.9 Å². The summed E-state index contributed by atoms with van der Waals surface area (Å²) < 4.78 is 0. The molecule has 0 radical (unpaired) electrons. The van der Waals surface area contributed by atoms with Crippen LogP contribution in [0.2, 0.25) is 0 Å². The van der Waals surface area contributed by atoms with Crippen molar-refractivity contribution in [2.24, 2.45) is 17.8 Å². The van der Waals surface area contributed by atoms with Gasteiger partial charge in [0.2, 0.25) is 17.7 Å². The number of benzene rings is 2. The molecule has 4 bridgehead atoms. The lowest BCUT2D eigenvalue weighted by Crippen LogP contribution is -2.58. The van der Waals surface area contributed by atoms with Gasteiger partial charge in [-0.25, -0.2) is 0 Å². The van der Waals surface area contributed by atoms with Crippen LogP contribution in [0.1, 0.15) is 74.6 Å². The summed E-state index contributed by atoms with van der Waals surface area (Å²) in [5.41, 5.74) is 2.14. The van der Waals surface area contributed by atoms with Crippen molar-refractivity contribution in [3.63, 3.8) is 0 Å². The summed E-state index contributed by atoms with van der Waals surface area (Å²) in [6.45, 7) is 0.860. The first-order chi connectivity index (χ1) is 18.4. The Morgan fingerprint density at radius 3 is 2.45 bits per heavy atom. The third kappa shape index (κ3) is 3.92. The average molecular weight is 515 g/mol. The molecule has 38 heavy (non-hydrogen) atoms. The molecule has 2 aromatic carbocycles. The molecule has 1 atom stereocenters. The van der Waals surface area contributed by atoms with Crippen LogP contribution in [-0.2, 0) is 14.4 Å². The summed E-state index contributed by atoms with van der Waals surface area (Å²) in [4.78, 5) is 51.9. The molecule has 2 aliphatic heterocycles. The molecule has 0 spiro atoms. The van der Waals surface area contributed by atoms with Gasteiger partial charge in [-0.05, 0) is 93.9 Å². The Kier molecular flexibility index (Phi) is 5.58. The molecule has 198 valence electrons. The normalized spacial score (nSPS) is 31.3. The number of anilines is 2. The quantitative estimate of drug-likeness (QED) is 0.384. The fourth-order valence-electron chi connectivity index (χ4n) is 8.50. The number of nitrogens with zero attached hydrogens (tertiary/aromatic N) is 1. The molecule has 1 unspecified atom stereocenters. The summed E-state index contributed by atoms with van der Waals surface area (Å²) in [7, 11) is 0. The van der Waals surface area contributed by atoms with Gasteiger partial charge in [0.1, 0.15) is 6.04 Å². The van der Waals surface area contributed by atoms with Crippen LogP contribution in [0.25, 0.3) is 10.8 Å². The number of nitrogens with one attached hydrogen (secondary N) is 3. The van der Waals surface area contributed by atoms with Crippen LogP contribution in [0.5, 0.6) is 0 Å². The Morgan fingerprint density at radius 1 is 1.00 bits per heavy atom. The van der Waals surface area contributed by atoms with Crippen molar-refractivity contribution >= 4 is 45.8 Å². The molecule has 5 fully saturated rings. The van der Waals surface area contributed by atoms with Gasteiger partial charge in [0, 0.05) is 40.4 Å². The second kappa shape index (κ2) is 8.90. The van der Waals surface area contributed by atoms with Crippen LogP contribution >= 0.6 is 0 Å². The number of carbonyl (C=O) groups excluding carboxylic acids is 4. The Morgan fingerprint density at radius 2 is 1.74 bits per heavy atom. The van der Waals surface area contributed by atoms with Gasteiger partial charge in [-0.15, -0.1) is 0 Å². The number of imide groups is 1. The van der Waals surface area contributed by atoms with Crippen molar-refractivity contribution in [1.82, 2.24) is 10.6 Å². The van der Waals surface area contributed by atoms with E-state index in [0.717, 1.165) is 41.5 Å². The summed E-state index contributed by atoms with van der Waals surface area (Å²) in [6, 6.07) is 8.33. The van der Waals surface area contributed by atoms with Crippen molar-refractivity contribution < 1.29 is 19.2 Å². The maximum Gasteiger partial charge on any atom is 0.259 e. The fraction of sp³-hybridized carbons (Fsp3) is 0.533. The maximum atomic E-state index is 13.3. The predicted octanol–water partition coefficient (Wildman–Crippen LogP) is 3.88. The zero-order chi connectivity index (χ0) is 26.0. The van der Waals surface area contributed by atoms with Crippen LogP contribution in [0.15, 0.2) is 30.3 Å². The number of piperidine rings is 1. The lowest BCUT2D eigenvalue weighted by molar-refractivity contribution is -0.134. The van der Waals surface area contributed by atoms with E-state index in [1.54, 1.807) is 18.2 Å². The second-order valence-electron chi connectivity index (χ2n) is 12.3. The van der Waals surface area contributed by atoms with Crippen molar-refractivity contribution in [3.8, 4) is 0 Å². The molecule has 2 aromatic rings. The number of hydrogen-bond acceptors (Lipinski definition) is 5. The van der Waals surface area contributed by atoms with E-state index in [1.807, 2.05) is 12.1 Å². The van der Waals surface area contributed by atoms with Crippen LogP contribution in [0.3, 0.4) is 0 Å². The Hall–Kier alpha value is -3.26. The number of rotatable bonds is 7. The standard InChI is InChI=1S/C30H34N4O4/c35-25(5-2-10-31-30-14-17-11-18(15-30)13-19(12-17)16-30)32-22-6-7-23-27-20(22)3-1-4-21(27)29(38)34(23)24-8-9-26(36)33-28(24)37/h1,3-4,6-7,17-19,24,31H,2,5,8-16H2,(H,32,35)(H,33,36,37). The number of carbonyl (C=O) groups is 4. The first-order valence-electron chi connectivity index (χ1n) is 14.2. The zero-order valence-electron chi connectivity index (χ0n) is 21.6. The summed E-state index contributed by atoms with van der Waals surface area (Å²) in [6.07, 6.45) is 9.91. The van der Waals surface area contributed by atoms with E-state index in [2.05, 4.69) is 16.0 Å². The highest BCUT2D eigenvalue weighted by atomic mass is 16.2. The van der Waals surface area contributed by atoms with Gasteiger partial charge >= 0.3 is 0 Å². The molecule has 4 saturated carbocycles. The molecule has 6 aliphatic rings. The SMILES string of the molecule is O=C1CCC(N2C(=O)c3cccc4c(NC(=O)CCCNC56CC7CC(CC(C7)C5)C6)ccc2c34)C(=O)N1. The Labute approximate surface area is 221 Å². The second-order valence-corrected chi connectivity index (χ2v) is 12.3. The molecule has 8 nitrogen and oxygen atoms in total. The molecular weight excluding hydrogens is 480 g/mol. The van der Waals surface area contributed by atoms with Gasteiger partial charge in [-0.3, -0.25) is 29.4 Å². The Bertz CT molecular complexity index is 1330. The minimum absolute atomic E-state index is 0.0376. The van der Waals surface area contributed by atoms with E-state index in [9.17, 15) is 19.2 Å². The largest absolute Gasteiger partial charge is 0.326 e. The molecule has 2 heterocycles. The number of hydrogen-bond donors (Lipinski definition) is 3. The third-order valence-electron chi connectivity index (χ3n) is 9.64. The molecule has 4 amide bonds. The molecule has 8 rings (SSSR count). The van der Waals surface area contributed by atoms with Gasteiger partial charge in [0.15, 0.2) is 0 Å². The molecule has 1 saturated heterocycles.